The summed E-state index contributed by atoms with van der Waals surface area (Å²) in [6, 6.07) is 14.8. The Hall–Kier alpha value is -2.71. The third-order valence-electron chi connectivity index (χ3n) is 3.90. The summed E-state index contributed by atoms with van der Waals surface area (Å²) in [5.74, 6) is 0.640. The molecule has 0 unspecified atom stereocenters. The number of nitrogens with zero attached hydrogens (tertiary/aromatic N) is 1. The fourth-order valence-corrected chi connectivity index (χ4v) is 3.18. The minimum atomic E-state index is -0.551. The van der Waals surface area contributed by atoms with Crippen LogP contribution in [0.5, 0.6) is 5.75 Å². The highest BCUT2D eigenvalue weighted by atomic mass is 32.2. The minimum Gasteiger partial charge on any atom is -0.492 e. The number of hydrogen-bond donors (Lipinski definition) is 3. The number of carbonyl (C=O) groups excluding carboxylic acids is 2. The summed E-state index contributed by atoms with van der Waals surface area (Å²) in [6.07, 6.45) is 0. The number of ether oxygens (including phenoxy) is 1. The number of urea groups is 1. The van der Waals surface area contributed by atoms with E-state index in [1.165, 1.54) is 11.1 Å². The molecule has 3 N–H and O–H groups in total. The molecular weight excluding hydrogens is 354 g/mol. The van der Waals surface area contributed by atoms with Crippen molar-refractivity contribution < 1.29 is 19.5 Å². The van der Waals surface area contributed by atoms with Crippen molar-refractivity contribution in [2.75, 3.05) is 13.2 Å². The minimum absolute atomic E-state index is 0.105. The van der Waals surface area contributed by atoms with Gasteiger partial charge in [0.05, 0.1) is 6.54 Å². The lowest BCUT2D eigenvalue weighted by molar-refractivity contribution is 0.180. The molecular formula is C18H19N3O4S. The third kappa shape index (κ3) is 4.68. The van der Waals surface area contributed by atoms with Crippen LogP contribution in [0.4, 0.5) is 9.59 Å². The maximum Gasteiger partial charge on any atom is 0.318 e. The van der Waals surface area contributed by atoms with Gasteiger partial charge in [0.2, 0.25) is 0 Å². The molecule has 1 heterocycles. The largest absolute Gasteiger partial charge is 0.492 e. The lowest BCUT2D eigenvalue weighted by Gasteiger charge is -2.16. The normalized spacial score (nSPS) is 12.4. The molecule has 0 aromatic heterocycles. The molecule has 7 nitrogen and oxygen atoms in total. The summed E-state index contributed by atoms with van der Waals surface area (Å²) < 4.78 is 5.57. The molecule has 1 aliphatic heterocycles. The molecule has 0 saturated carbocycles. The Balaban J connectivity index is 1.38. The Bertz CT molecular complexity index is 757. The van der Waals surface area contributed by atoms with E-state index < -0.39 is 5.24 Å². The zero-order valence-corrected chi connectivity index (χ0v) is 14.8. The van der Waals surface area contributed by atoms with Crippen molar-refractivity contribution in [3.8, 4) is 5.75 Å². The highest BCUT2D eigenvalue weighted by Crippen LogP contribution is 2.22. The van der Waals surface area contributed by atoms with E-state index in [0.717, 1.165) is 11.8 Å². The van der Waals surface area contributed by atoms with Crippen LogP contribution in [0.2, 0.25) is 0 Å². The highest BCUT2D eigenvalue weighted by molar-refractivity contribution is 8.13. The molecule has 1 aliphatic rings. The molecule has 0 saturated heterocycles. The van der Waals surface area contributed by atoms with E-state index >= 15 is 0 Å². The Kier molecular flexibility index (Phi) is 5.98. The van der Waals surface area contributed by atoms with Crippen LogP contribution in [0.15, 0.2) is 53.4 Å². The number of carbonyl (C=O) groups is 2. The fourth-order valence-electron chi connectivity index (χ4n) is 2.65. The molecule has 3 amide bonds. The lowest BCUT2D eigenvalue weighted by atomic mass is 10.1. The van der Waals surface area contributed by atoms with Crippen molar-refractivity contribution in [2.24, 2.45) is 0 Å². The summed E-state index contributed by atoms with van der Waals surface area (Å²) in [4.78, 5) is 25.7. The van der Waals surface area contributed by atoms with Gasteiger partial charge in [-0.05, 0) is 47.2 Å². The number of nitrogens with one attached hydrogen (secondary N) is 2. The standard InChI is InChI=1S/C18H19N3O4S/c22-17(21-11-13-3-1-2-4-14(13)12-21)19-9-10-25-15-5-7-16(8-6-15)26-18(23)20-24/h1-8,24H,9-12H2,(H,19,22)(H,20,23). The summed E-state index contributed by atoms with van der Waals surface area (Å²) in [7, 11) is 0. The summed E-state index contributed by atoms with van der Waals surface area (Å²) in [5.41, 5.74) is 3.93. The Morgan fingerprint density at radius 2 is 1.73 bits per heavy atom. The summed E-state index contributed by atoms with van der Waals surface area (Å²) in [5, 5.41) is 10.8. The summed E-state index contributed by atoms with van der Waals surface area (Å²) in [6.45, 7) is 2.00. The summed E-state index contributed by atoms with van der Waals surface area (Å²) >= 11 is 0.875. The molecule has 0 bridgehead atoms. The van der Waals surface area contributed by atoms with E-state index in [9.17, 15) is 9.59 Å². The van der Waals surface area contributed by atoms with Crippen LogP contribution in [-0.4, -0.2) is 34.5 Å². The number of hydrogen-bond acceptors (Lipinski definition) is 5. The van der Waals surface area contributed by atoms with Crippen molar-refractivity contribution in [3.63, 3.8) is 0 Å². The Labute approximate surface area is 155 Å². The molecule has 2 aromatic carbocycles. The lowest BCUT2D eigenvalue weighted by Crippen LogP contribution is -2.38. The zero-order chi connectivity index (χ0) is 18.4. The smallest absolute Gasteiger partial charge is 0.318 e. The molecule has 8 heteroatoms. The van der Waals surface area contributed by atoms with Gasteiger partial charge in [-0.25, -0.2) is 10.3 Å². The number of benzene rings is 2. The third-order valence-corrected chi connectivity index (χ3v) is 4.69. The van der Waals surface area contributed by atoms with Crippen molar-refractivity contribution >= 4 is 23.0 Å². The number of rotatable bonds is 5. The molecule has 136 valence electrons. The van der Waals surface area contributed by atoms with Gasteiger partial charge in [0.25, 0.3) is 0 Å². The van der Waals surface area contributed by atoms with E-state index in [4.69, 9.17) is 9.94 Å². The van der Waals surface area contributed by atoms with E-state index in [0.29, 0.717) is 36.9 Å². The maximum atomic E-state index is 12.2. The van der Waals surface area contributed by atoms with Gasteiger partial charge in [-0.15, -0.1) is 0 Å². The van der Waals surface area contributed by atoms with Crippen LogP contribution >= 0.6 is 11.8 Å². The second-order valence-electron chi connectivity index (χ2n) is 5.68. The second-order valence-corrected chi connectivity index (χ2v) is 6.72. The maximum absolute atomic E-state index is 12.2. The monoisotopic (exact) mass is 373 g/mol. The average molecular weight is 373 g/mol. The van der Waals surface area contributed by atoms with Gasteiger partial charge in [0, 0.05) is 18.0 Å². The Morgan fingerprint density at radius 3 is 2.35 bits per heavy atom. The first-order chi connectivity index (χ1) is 12.7. The van der Waals surface area contributed by atoms with Crippen molar-refractivity contribution in [3.05, 3.63) is 59.7 Å². The van der Waals surface area contributed by atoms with Crippen LogP contribution in [0.1, 0.15) is 11.1 Å². The van der Waals surface area contributed by atoms with Crippen LogP contribution in [-0.2, 0) is 13.1 Å². The average Bonchev–Trinajstić information content (AvgIpc) is 3.10. The topological polar surface area (TPSA) is 90.9 Å². The van der Waals surface area contributed by atoms with Gasteiger partial charge in [-0.2, -0.15) is 0 Å². The number of amides is 3. The Morgan fingerprint density at radius 1 is 1.08 bits per heavy atom. The van der Waals surface area contributed by atoms with Crippen LogP contribution in [0.3, 0.4) is 0 Å². The van der Waals surface area contributed by atoms with E-state index in [-0.39, 0.29) is 6.03 Å². The molecule has 0 atom stereocenters. The van der Waals surface area contributed by atoms with Crippen LogP contribution < -0.4 is 15.5 Å². The predicted molar refractivity (Wildman–Crippen MR) is 97.2 cm³/mol. The first-order valence-corrected chi connectivity index (χ1v) is 8.91. The molecule has 0 aliphatic carbocycles. The highest BCUT2D eigenvalue weighted by Gasteiger charge is 2.22. The molecule has 0 fully saturated rings. The SMILES string of the molecule is O=C(NO)Sc1ccc(OCCNC(=O)N2Cc3ccccc3C2)cc1. The molecule has 3 rings (SSSR count). The second kappa shape index (κ2) is 8.59. The van der Waals surface area contributed by atoms with E-state index in [2.05, 4.69) is 5.32 Å². The van der Waals surface area contributed by atoms with Crippen LogP contribution in [0.25, 0.3) is 0 Å². The molecule has 2 aromatic rings. The van der Waals surface area contributed by atoms with E-state index in [1.807, 2.05) is 24.3 Å². The van der Waals surface area contributed by atoms with Crippen molar-refractivity contribution in [2.45, 2.75) is 18.0 Å². The number of hydroxylamine groups is 1. The first-order valence-electron chi connectivity index (χ1n) is 8.10. The molecule has 0 spiro atoms. The van der Waals surface area contributed by atoms with Gasteiger partial charge in [-0.1, -0.05) is 24.3 Å². The fraction of sp³-hybridized carbons (Fsp3) is 0.222. The van der Waals surface area contributed by atoms with Gasteiger partial charge in [-0.3, -0.25) is 10.0 Å². The molecule has 0 radical (unpaired) electrons. The van der Waals surface area contributed by atoms with Gasteiger partial charge in [0.15, 0.2) is 0 Å². The molecule has 26 heavy (non-hydrogen) atoms. The quantitative estimate of drug-likeness (QED) is 0.324. The number of thioether (sulfide) groups is 1. The predicted octanol–water partition coefficient (Wildman–Crippen LogP) is 2.98. The van der Waals surface area contributed by atoms with Gasteiger partial charge < -0.3 is 15.0 Å². The van der Waals surface area contributed by atoms with Crippen LogP contribution in [0, 0.1) is 0 Å². The van der Waals surface area contributed by atoms with Crippen molar-refractivity contribution in [1.82, 2.24) is 15.7 Å². The van der Waals surface area contributed by atoms with Gasteiger partial charge >= 0.3 is 11.3 Å². The number of fused-ring (bicyclic) bond motifs is 1. The van der Waals surface area contributed by atoms with E-state index in [1.54, 1.807) is 34.6 Å². The van der Waals surface area contributed by atoms with Crippen molar-refractivity contribution in [1.29, 1.82) is 0 Å². The van der Waals surface area contributed by atoms with Gasteiger partial charge in [0.1, 0.15) is 12.4 Å². The zero-order valence-electron chi connectivity index (χ0n) is 14.0. The first kappa shape index (κ1) is 18.1.